The predicted octanol–water partition coefficient (Wildman–Crippen LogP) is 4.73. The van der Waals surface area contributed by atoms with E-state index in [0.717, 1.165) is 11.3 Å². The highest BCUT2D eigenvalue weighted by atomic mass is 79.9. The molecule has 0 radical (unpaired) electrons. The van der Waals surface area contributed by atoms with E-state index in [1.165, 1.54) is 11.3 Å². The van der Waals surface area contributed by atoms with Crippen LogP contribution in [0.2, 0.25) is 0 Å². The van der Waals surface area contributed by atoms with Gasteiger partial charge in [-0.1, -0.05) is 0 Å². The van der Waals surface area contributed by atoms with Gasteiger partial charge in [0.25, 0.3) is 5.91 Å². The van der Waals surface area contributed by atoms with Crippen molar-refractivity contribution in [3.05, 3.63) is 51.8 Å². The minimum atomic E-state index is -0.340. The van der Waals surface area contributed by atoms with Gasteiger partial charge in [0.2, 0.25) is 0 Å². The molecule has 1 heterocycles. The number of thiocarbonyl (C=S) groups is 1. The first kappa shape index (κ1) is 22.0. The number of rotatable bonds is 6. The van der Waals surface area contributed by atoms with Gasteiger partial charge in [-0.3, -0.25) is 10.1 Å². The van der Waals surface area contributed by atoms with Crippen molar-refractivity contribution in [2.24, 2.45) is 0 Å². The van der Waals surface area contributed by atoms with E-state index in [-0.39, 0.29) is 11.0 Å². The number of methoxy groups -OCH3 is 3. The smallest absolute Gasteiger partial charge is 0.257 e. The van der Waals surface area contributed by atoms with E-state index in [1.54, 1.807) is 39.5 Å². The van der Waals surface area contributed by atoms with Crippen LogP contribution in [0.1, 0.15) is 10.4 Å². The van der Waals surface area contributed by atoms with Gasteiger partial charge in [0, 0.05) is 16.5 Å². The lowest BCUT2D eigenvalue weighted by atomic mass is 10.1. The number of hydrogen-bond acceptors (Lipinski definition) is 7. The number of ether oxygens (including phenoxy) is 3. The summed E-state index contributed by atoms with van der Waals surface area (Å²) in [4.78, 5) is 16.9. The lowest BCUT2D eigenvalue weighted by Crippen LogP contribution is -2.34. The summed E-state index contributed by atoms with van der Waals surface area (Å²) in [6.07, 6.45) is 0. The monoisotopic (exact) mass is 507 g/mol. The number of benzene rings is 2. The third kappa shape index (κ3) is 5.07. The minimum absolute atomic E-state index is 0.153. The normalized spacial score (nSPS) is 10.3. The fourth-order valence-electron chi connectivity index (χ4n) is 2.57. The number of thiazole rings is 1. The van der Waals surface area contributed by atoms with Crippen molar-refractivity contribution in [3.8, 4) is 28.5 Å². The second-order valence-electron chi connectivity index (χ2n) is 5.87. The second kappa shape index (κ2) is 9.88. The highest BCUT2D eigenvalue weighted by Crippen LogP contribution is 2.33. The van der Waals surface area contributed by atoms with E-state index >= 15 is 0 Å². The molecule has 2 aromatic carbocycles. The number of hydrogen-bond donors (Lipinski definition) is 2. The maximum Gasteiger partial charge on any atom is 0.257 e. The molecule has 0 atom stereocenters. The molecule has 0 saturated carbocycles. The molecule has 156 valence electrons. The van der Waals surface area contributed by atoms with Crippen molar-refractivity contribution < 1.29 is 19.0 Å². The predicted molar refractivity (Wildman–Crippen MR) is 125 cm³/mol. The van der Waals surface area contributed by atoms with E-state index < -0.39 is 0 Å². The molecule has 1 amide bonds. The Morgan fingerprint density at radius 2 is 1.73 bits per heavy atom. The molecule has 0 aliphatic carbocycles. The van der Waals surface area contributed by atoms with Gasteiger partial charge in [-0.05, 0) is 64.5 Å². The first-order chi connectivity index (χ1) is 14.4. The Kier molecular flexibility index (Phi) is 7.24. The van der Waals surface area contributed by atoms with Crippen molar-refractivity contribution in [1.82, 2.24) is 10.3 Å². The number of aromatic nitrogens is 1. The highest BCUT2D eigenvalue weighted by molar-refractivity contribution is 9.10. The molecule has 2 N–H and O–H groups in total. The molecule has 0 spiro atoms. The zero-order chi connectivity index (χ0) is 21.7. The molecule has 7 nitrogen and oxygen atoms in total. The average molecular weight is 508 g/mol. The fourth-order valence-corrected chi connectivity index (χ4v) is 4.09. The third-order valence-corrected chi connectivity index (χ3v) is 5.63. The number of nitrogens with one attached hydrogen (secondary N) is 2. The molecule has 1 aromatic heterocycles. The fraction of sp³-hybridized carbons (Fsp3) is 0.150. The van der Waals surface area contributed by atoms with E-state index in [0.29, 0.717) is 32.4 Å². The SMILES string of the molecule is COc1ccc(C(=O)NC(=S)Nc2nc(-c3ccc(OC)c(OC)c3)cs2)cc1Br. The van der Waals surface area contributed by atoms with E-state index in [2.05, 4.69) is 31.5 Å². The van der Waals surface area contributed by atoms with Crippen molar-refractivity contribution in [2.75, 3.05) is 26.6 Å². The minimum Gasteiger partial charge on any atom is -0.496 e. The van der Waals surface area contributed by atoms with Gasteiger partial charge < -0.3 is 19.5 Å². The van der Waals surface area contributed by atoms with Gasteiger partial charge in [0.05, 0.1) is 31.5 Å². The Bertz CT molecular complexity index is 1090. The Labute approximate surface area is 191 Å². The van der Waals surface area contributed by atoms with Crippen LogP contribution in [-0.4, -0.2) is 37.3 Å². The van der Waals surface area contributed by atoms with E-state index in [4.69, 9.17) is 26.4 Å². The second-order valence-corrected chi connectivity index (χ2v) is 7.99. The number of amides is 1. The molecular weight excluding hydrogens is 490 g/mol. The topological polar surface area (TPSA) is 81.7 Å². The largest absolute Gasteiger partial charge is 0.496 e. The molecule has 10 heteroatoms. The van der Waals surface area contributed by atoms with Crippen molar-refractivity contribution in [3.63, 3.8) is 0 Å². The first-order valence-electron chi connectivity index (χ1n) is 8.59. The molecule has 3 rings (SSSR count). The van der Waals surface area contributed by atoms with Gasteiger partial charge in [0.15, 0.2) is 21.7 Å². The number of anilines is 1. The van der Waals surface area contributed by atoms with Crippen LogP contribution in [0, 0.1) is 0 Å². The van der Waals surface area contributed by atoms with Crippen LogP contribution in [0.5, 0.6) is 17.2 Å². The van der Waals surface area contributed by atoms with Gasteiger partial charge in [0.1, 0.15) is 5.75 Å². The molecule has 0 unspecified atom stereocenters. The van der Waals surface area contributed by atoms with Crippen molar-refractivity contribution in [1.29, 1.82) is 0 Å². The van der Waals surface area contributed by atoms with Crippen LogP contribution in [-0.2, 0) is 0 Å². The molecule has 3 aromatic rings. The summed E-state index contributed by atoms with van der Waals surface area (Å²) < 4.78 is 16.4. The van der Waals surface area contributed by atoms with Crippen LogP contribution < -0.4 is 24.8 Å². The number of carbonyl (C=O) groups is 1. The van der Waals surface area contributed by atoms with Crippen LogP contribution in [0.25, 0.3) is 11.3 Å². The summed E-state index contributed by atoms with van der Waals surface area (Å²) in [7, 11) is 4.73. The van der Waals surface area contributed by atoms with E-state index in [1.807, 2.05) is 23.6 Å². The lowest BCUT2D eigenvalue weighted by Gasteiger charge is -2.09. The van der Waals surface area contributed by atoms with Crippen LogP contribution in [0.3, 0.4) is 0 Å². The molecular formula is C20H18BrN3O4S2. The summed E-state index contributed by atoms with van der Waals surface area (Å²) in [6.45, 7) is 0. The average Bonchev–Trinajstić information content (AvgIpc) is 3.21. The van der Waals surface area contributed by atoms with Crippen LogP contribution in [0.15, 0.2) is 46.3 Å². The summed E-state index contributed by atoms with van der Waals surface area (Å²) in [6, 6.07) is 10.6. The summed E-state index contributed by atoms with van der Waals surface area (Å²) in [5.41, 5.74) is 2.06. The zero-order valence-electron chi connectivity index (χ0n) is 16.3. The first-order valence-corrected chi connectivity index (χ1v) is 10.7. The van der Waals surface area contributed by atoms with Gasteiger partial charge in [-0.2, -0.15) is 0 Å². The zero-order valence-corrected chi connectivity index (χ0v) is 19.5. The van der Waals surface area contributed by atoms with Crippen LogP contribution >= 0.6 is 39.5 Å². The van der Waals surface area contributed by atoms with Crippen LogP contribution in [0.4, 0.5) is 5.13 Å². The summed E-state index contributed by atoms with van der Waals surface area (Å²) >= 11 is 9.97. The maximum atomic E-state index is 12.4. The van der Waals surface area contributed by atoms with Gasteiger partial charge in [-0.15, -0.1) is 11.3 Å². The van der Waals surface area contributed by atoms with Crippen molar-refractivity contribution >= 4 is 55.6 Å². The van der Waals surface area contributed by atoms with Gasteiger partial charge in [-0.25, -0.2) is 4.98 Å². The Morgan fingerprint density at radius 3 is 2.40 bits per heavy atom. The Morgan fingerprint density at radius 1 is 1.03 bits per heavy atom. The number of halogens is 1. The molecule has 0 fully saturated rings. The standard InChI is InChI=1S/C20H18BrN3O4S2/c1-26-15-6-5-12(8-13(15)21)18(25)23-19(29)24-20-22-14(10-30-20)11-4-7-16(27-2)17(9-11)28-3/h4-10H,1-3H3,(H2,22,23,24,25,29). The summed E-state index contributed by atoms with van der Waals surface area (Å²) in [5.74, 6) is 1.56. The molecule has 0 aliphatic heterocycles. The molecule has 0 bridgehead atoms. The Hall–Kier alpha value is -2.69. The van der Waals surface area contributed by atoms with Crippen molar-refractivity contribution in [2.45, 2.75) is 0 Å². The van der Waals surface area contributed by atoms with Gasteiger partial charge >= 0.3 is 0 Å². The molecule has 30 heavy (non-hydrogen) atoms. The number of carbonyl (C=O) groups excluding carboxylic acids is 1. The maximum absolute atomic E-state index is 12.4. The molecule has 0 aliphatic rings. The Balaban J connectivity index is 1.66. The van der Waals surface area contributed by atoms with E-state index in [9.17, 15) is 4.79 Å². The third-order valence-electron chi connectivity index (χ3n) is 4.04. The lowest BCUT2D eigenvalue weighted by molar-refractivity contribution is 0.0977. The molecule has 0 saturated heterocycles. The highest BCUT2D eigenvalue weighted by Gasteiger charge is 2.13. The quantitative estimate of drug-likeness (QED) is 0.466. The number of nitrogens with zero attached hydrogens (tertiary/aromatic N) is 1. The summed E-state index contributed by atoms with van der Waals surface area (Å²) in [5, 5.41) is 8.17.